The van der Waals surface area contributed by atoms with Crippen LogP contribution in [-0.2, 0) is 9.84 Å². The molecule has 5 heteroatoms. The summed E-state index contributed by atoms with van der Waals surface area (Å²) in [7, 11) is -3.57. The van der Waals surface area contributed by atoms with Gasteiger partial charge in [0.2, 0.25) is 9.84 Å². The van der Waals surface area contributed by atoms with Crippen molar-refractivity contribution in [3.63, 3.8) is 0 Å². The van der Waals surface area contributed by atoms with Gasteiger partial charge in [-0.1, -0.05) is 74.2 Å². The quantitative estimate of drug-likeness (QED) is 0.366. The van der Waals surface area contributed by atoms with Crippen molar-refractivity contribution in [3.8, 4) is 0 Å². The third-order valence-electron chi connectivity index (χ3n) is 4.57. The molecule has 0 N–H and O–H groups in total. The molecule has 29 heavy (non-hydrogen) atoms. The smallest absolute Gasteiger partial charge is 0.206 e. The third kappa shape index (κ3) is 7.33. The lowest BCUT2D eigenvalue weighted by molar-refractivity contribution is 0.596. The normalized spacial score (nSPS) is 13.0. The Kier molecular flexibility index (Phi) is 9.48. The van der Waals surface area contributed by atoms with Crippen LogP contribution in [-0.4, -0.2) is 8.42 Å². The predicted molar refractivity (Wildman–Crippen MR) is 125 cm³/mol. The number of hydrogen-bond donors (Lipinski definition) is 0. The van der Waals surface area contributed by atoms with E-state index in [1.54, 1.807) is 48.5 Å². The van der Waals surface area contributed by atoms with Gasteiger partial charge in [-0.3, -0.25) is 0 Å². The van der Waals surface area contributed by atoms with Crippen LogP contribution in [0.5, 0.6) is 0 Å². The number of hydrogen-bond acceptors (Lipinski definition) is 2. The lowest BCUT2D eigenvalue weighted by atomic mass is 10.1. The Balaban J connectivity index is 2.16. The fourth-order valence-corrected chi connectivity index (χ4v) is 4.60. The van der Waals surface area contributed by atoms with Gasteiger partial charge < -0.3 is 0 Å². The molecule has 2 aromatic rings. The van der Waals surface area contributed by atoms with Crippen molar-refractivity contribution in [2.75, 3.05) is 0 Å². The summed E-state index contributed by atoms with van der Waals surface area (Å²) in [6, 6.07) is 13.6. The Morgan fingerprint density at radius 2 is 1.07 bits per heavy atom. The number of rotatable bonds is 10. The van der Waals surface area contributed by atoms with Crippen LogP contribution in [0, 0.1) is 0 Å². The molecule has 0 bridgehead atoms. The van der Waals surface area contributed by atoms with Gasteiger partial charge in [-0.2, -0.15) is 0 Å². The first-order valence-corrected chi connectivity index (χ1v) is 12.3. The Labute approximate surface area is 185 Å². The Morgan fingerprint density at radius 1 is 0.724 bits per heavy atom. The van der Waals surface area contributed by atoms with Gasteiger partial charge in [0.15, 0.2) is 0 Å². The van der Waals surface area contributed by atoms with Crippen molar-refractivity contribution in [1.29, 1.82) is 0 Å². The highest BCUT2D eigenvalue weighted by Crippen LogP contribution is 2.24. The Bertz CT molecular complexity index is 868. The summed E-state index contributed by atoms with van der Waals surface area (Å²) in [6.07, 6.45) is 9.69. The van der Waals surface area contributed by atoms with E-state index in [-0.39, 0.29) is 9.79 Å². The van der Waals surface area contributed by atoms with Crippen LogP contribution in [0.3, 0.4) is 0 Å². The highest BCUT2D eigenvalue weighted by Gasteiger charge is 2.17. The number of halogens is 2. The van der Waals surface area contributed by atoms with Crippen LogP contribution in [0.15, 0.2) is 68.4 Å². The van der Waals surface area contributed by atoms with E-state index in [1.807, 2.05) is 12.2 Å². The number of allylic oxidation sites excluding steroid dienone is 2. The molecule has 0 atom stereocenters. The molecule has 0 unspecified atom stereocenters. The molecule has 0 heterocycles. The van der Waals surface area contributed by atoms with Crippen LogP contribution in [0.25, 0.3) is 12.2 Å². The van der Waals surface area contributed by atoms with E-state index in [1.165, 1.54) is 0 Å². The van der Waals surface area contributed by atoms with E-state index >= 15 is 0 Å². The first-order valence-electron chi connectivity index (χ1n) is 10.0. The van der Waals surface area contributed by atoms with Crippen molar-refractivity contribution < 1.29 is 8.42 Å². The fraction of sp³-hybridized carbons (Fsp3) is 0.333. The van der Waals surface area contributed by atoms with Gasteiger partial charge in [0.1, 0.15) is 0 Å². The van der Waals surface area contributed by atoms with E-state index in [4.69, 9.17) is 23.2 Å². The second-order valence-corrected chi connectivity index (χ2v) is 9.95. The van der Waals surface area contributed by atoms with Gasteiger partial charge >= 0.3 is 0 Å². The molecule has 2 nitrogen and oxygen atoms in total. The number of benzene rings is 2. The zero-order valence-electron chi connectivity index (χ0n) is 17.0. The maximum atomic E-state index is 12.9. The molecule has 0 amide bonds. The summed E-state index contributed by atoms with van der Waals surface area (Å²) in [6.45, 7) is 4.24. The zero-order chi connectivity index (χ0) is 21.3. The molecular formula is C24H28Cl2O2S. The van der Waals surface area contributed by atoms with Crippen LogP contribution >= 0.6 is 23.2 Å². The van der Waals surface area contributed by atoms with Gasteiger partial charge in [-0.05, 0) is 73.2 Å². The van der Waals surface area contributed by atoms with Gasteiger partial charge in [-0.15, -0.1) is 0 Å². The second-order valence-electron chi connectivity index (χ2n) is 7.03. The van der Waals surface area contributed by atoms with Crippen molar-refractivity contribution in [1.82, 2.24) is 0 Å². The molecule has 0 radical (unpaired) electrons. The fourth-order valence-electron chi connectivity index (χ4n) is 2.82. The molecule has 2 rings (SSSR count). The summed E-state index contributed by atoms with van der Waals surface area (Å²) < 4.78 is 25.8. The summed E-state index contributed by atoms with van der Waals surface area (Å²) in [4.78, 5) is 0.534. The van der Waals surface area contributed by atoms with Gasteiger partial charge in [0.25, 0.3) is 0 Å². The minimum atomic E-state index is -3.57. The predicted octanol–water partition coefficient (Wildman–Crippen LogP) is 8.06. The van der Waals surface area contributed by atoms with E-state index in [9.17, 15) is 8.42 Å². The van der Waals surface area contributed by atoms with Gasteiger partial charge in [0, 0.05) is 10.1 Å². The first-order chi connectivity index (χ1) is 13.9. The molecular weight excluding hydrogens is 423 g/mol. The highest BCUT2D eigenvalue weighted by molar-refractivity contribution is 7.91. The summed E-state index contributed by atoms with van der Waals surface area (Å²) in [5, 5.41) is 1.56. The van der Waals surface area contributed by atoms with Crippen molar-refractivity contribution in [3.05, 3.63) is 69.7 Å². The minimum Gasteiger partial charge on any atom is -0.219 e. The molecule has 0 aliphatic rings. The molecule has 0 saturated heterocycles. The van der Waals surface area contributed by atoms with Crippen molar-refractivity contribution >= 4 is 45.2 Å². The molecule has 156 valence electrons. The van der Waals surface area contributed by atoms with Crippen molar-refractivity contribution in [2.45, 2.75) is 62.2 Å². The lowest BCUT2D eigenvalue weighted by Gasteiger charge is -2.06. The average molecular weight is 451 g/mol. The monoisotopic (exact) mass is 450 g/mol. The Hall–Kier alpha value is -1.55. The molecule has 2 aromatic carbocycles. The first kappa shape index (κ1) is 23.7. The van der Waals surface area contributed by atoms with Crippen molar-refractivity contribution in [2.24, 2.45) is 0 Å². The van der Waals surface area contributed by atoms with E-state index in [0.717, 1.165) is 59.7 Å². The topological polar surface area (TPSA) is 34.1 Å². The third-order valence-corrected chi connectivity index (χ3v) is 6.95. The molecule has 0 aliphatic heterocycles. The average Bonchev–Trinajstić information content (AvgIpc) is 2.71. The SMILES string of the molecule is CCCCC(Cl)=Cc1ccc(S(=O)(=O)c2ccc(C=C(Cl)CCCC)cc2)cc1. The summed E-state index contributed by atoms with van der Waals surface area (Å²) in [5.74, 6) is 0. The molecule has 0 saturated carbocycles. The minimum absolute atomic E-state index is 0.267. The highest BCUT2D eigenvalue weighted by atomic mass is 35.5. The zero-order valence-corrected chi connectivity index (χ0v) is 19.3. The summed E-state index contributed by atoms with van der Waals surface area (Å²) >= 11 is 12.5. The Morgan fingerprint density at radius 3 is 1.38 bits per heavy atom. The van der Waals surface area contributed by atoms with Gasteiger partial charge in [-0.25, -0.2) is 8.42 Å². The maximum Gasteiger partial charge on any atom is 0.206 e. The van der Waals surface area contributed by atoms with Crippen LogP contribution < -0.4 is 0 Å². The molecule has 0 fully saturated rings. The molecule has 0 aromatic heterocycles. The summed E-state index contributed by atoms with van der Waals surface area (Å²) in [5.41, 5.74) is 1.79. The number of sulfone groups is 1. The van der Waals surface area contributed by atoms with E-state index < -0.39 is 9.84 Å². The lowest BCUT2D eigenvalue weighted by Crippen LogP contribution is -2.01. The molecule has 0 aliphatic carbocycles. The second kappa shape index (κ2) is 11.6. The largest absolute Gasteiger partial charge is 0.219 e. The van der Waals surface area contributed by atoms with E-state index in [2.05, 4.69) is 13.8 Å². The van der Waals surface area contributed by atoms with Gasteiger partial charge in [0.05, 0.1) is 9.79 Å². The van der Waals surface area contributed by atoms with Crippen LogP contribution in [0.2, 0.25) is 0 Å². The molecule has 0 spiro atoms. The van der Waals surface area contributed by atoms with E-state index in [0.29, 0.717) is 0 Å². The standard InChI is InChI=1S/C24H28Cl2O2S/c1-3-5-7-21(25)17-19-9-13-23(14-10-19)29(27,28)24-15-11-20(12-16-24)18-22(26)8-6-4-2/h9-18H,3-8H2,1-2H3. The van der Waals surface area contributed by atoms with Crippen LogP contribution in [0.1, 0.15) is 63.5 Å². The van der Waals surface area contributed by atoms with Crippen LogP contribution in [0.4, 0.5) is 0 Å². The maximum absolute atomic E-state index is 12.9. The number of unbranched alkanes of at least 4 members (excludes halogenated alkanes) is 2.